The van der Waals surface area contributed by atoms with Crippen LogP contribution in [0.15, 0.2) is 29.1 Å². The molecule has 1 aliphatic rings. The van der Waals surface area contributed by atoms with Crippen LogP contribution in [0, 0.1) is 0 Å². The number of halogens is 3. The molecule has 128 valence electrons. The highest BCUT2D eigenvalue weighted by Crippen LogP contribution is 2.29. The molecule has 1 aliphatic heterocycles. The number of carbonyl (C=O) groups is 1. The third-order valence-electron chi connectivity index (χ3n) is 4.00. The fourth-order valence-corrected chi connectivity index (χ4v) is 2.89. The first-order valence-corrected chi connectivity index (χ1v) is 7.34. The number of fused-ring (bicyclic) bond motifs is 1. The molecule has 1 aromatic heterocycles. The van der Waals surface area contributed by atoms with Gasteiger partial charge in [-0.25, -0.2) is 14.3 Å². The third-order valence-corrected chi connectivity index (χ3v) is 4.00. The predicted octanol–water partition coefficient (Wildman–Crippen LogP) is 2.07. The Morgan fingerprint density at radius 2 is 2.12 bits per heavy atom. The van der Waals surface area contributed by atoms with Crippen LogP contribution in [-0.2, 0) is 23.9 Å². The van der Waals surface area contributed by atoms with Crippen LogP contribution in [0.1, 0.15) is 35.8 Å². The van der Waals surface area contributed by atoms with E-state index in [1.54, 1.807) is 0 Å². The van der Waals surface area contributed by atoms with Gasteiger partial charge < -0.3 is 5.11 Å². The van der Waals surface area contributed by atoms with Crippen molar-refractivity contribution >= 4 is 5.97 Å². The van der Waals surface area contributed by atoms with Gasteiger partial charge in [-0.3, -0.25) is 4.57 Å². The van der Waals surface area contributed by atoms with Crippen molar-refractivity contribution in [1.82, 2.24) is 14.3 Å². The van der Waals surface area contributed by atoms with Crippen LogP contribution in [0.2, 0.25) is 0 Å². The van der Waals surface area contributed by atoms with Gasteiger partial charge in [0.05, 0.1) is 12.1 Å². The topological polar surface area (TPSA) is 77.1 Å². The van der Waals surface area contributed by atoms with E-state index in [-0.39, 0.29) is 12.1 Å². The zero-order chi connectivity index (χ0) is 17.5. The number of rotatable bonds is 3. The maximum Gasteiger partial charge on any atom is 0.416 e. The highest BCUT2D eigenvalue weighted by atomic mass is 19.4. The normalized spacial score (nSPS) is 17.5. The molecule has 24 heavy (non-hydrogen) atoms. The van der Waals surface area contributed by atoms with Gasteiger partial charge >= 0.3 is 17.8 Å². The van der Waals surface area contributed by atoms with Gasteiger partial charge in [0.25, 0.3) is 0 Å². The first-order chi connectivity index (χ1) is 11.3. The summed E-state index contributed by atoms with van der Waals surface area (Å²) in [5.41, 5.74) is -1.15. The Kier molecular flexibility index (Phi) is 3.94. The first-order valence-electron chi connectivity index (χ1n) is 7.34. The van der Waals surface area contributed by atoms with Crippen molar-refractivity contribution in [3.63, 3.8) is 0 Å². The van der Waals surface area contributed by atoms with Gasteiger partial charge in [-0.15, -0.1) is 0 Å². The van der Waals surface area contributed by atoms with Crippen molar-refractivity contribution in [1.29, 1.82) is 0 Å². The van der Waals surface area contributed by atoms with Crippen molar-refractivity contribution in [3.05, 3.63) is 51.7 Å². The first kappa shape index (κ1) is 16.3. The maximum absolute atomic E-state index is 12.8. The van der Waals surface area contributed by atoms with E-state index in [4.69, 9.17) is 0 Å². The molecule has 0 fully saturated rings. The largest absolute Gasteiger partial charge is 0.480 e. The van der Waals surface area contributed by atoms with E-state index in [2.05, 4.69) is 5.10 Å². The molecule has 0 saturated heterocycles. The van der Waals surface area contributed by atoms with Gasteiger partial charge in [0.15, 0.2) is 0 Å². The van der Waals surface area contributed by atoms with Crippen molar-refractivity contribution in [2.45, 2.75) is 38.0 Å². The lowest BCUT2D eigenvalue weighted by atomic mass is 10.1. The van der Waals surface area contributed by atoms with Crippen LogP contribution >= 0.6 is 0 Å². The minimum Gasteiger partial charge on any atom is -0.480 e. The number of aliphatic carboxylic acids is 1. The molecular formula is C15H14F3N3O3. The molecule has 2 aromatic rings. The third kappa shape index (κ3) is 2.93. The zero-order valence-electron chi connectivity index (χ0n) is 12.5. The Morgan fingerprint density at radius 3 is 2.79 bits per heavy atom. The molecule has 0 radical (unpaired) electrons. The molecule has 1 unspecified atom stereocenters. The van der Waals surface area contributed by atoms with Crippen molar-refractivity contribution in [2.24, 2.45) is 0 Å². The molecule has 2 heterocycles. The van der Waals surface area contributed by atoms with Gasteiger partial charge in [0.1, 0.15) is 11.9 Å². The average Bonchev–Trinajstić information content (AvgIpc) is 2.83. The van der Waals surface area contributed by atoms with Crippen molar-refractivity contribution in [3.8, 4) is 0 Å². The highest BCUT2D eigenvalue weighted by Gasteiger charge is 2.31. The molecule has 0 spiro atoms. The molecule has 9 heteroatoms. The number of hydrogen-bond acceptors (Lipinski definition) is 3. The summed E-state index contributed by atoms with van der Waals surface area (Å²) in [6.07, 6.45) is -3.08. The van der Waals surface area contributed by atoms with E-state index in [9.17, 15) is 27.9 Å². The van der Waals surface area contributed by atoms with E-state index in [0.717, 1.165) is 21.4 Å². The van der Waals surface area contributed by atoms with Gasteiger partial charge in [-0.1, -0.05) is 12.1 Å². The Hall–Kier alpha value is -2.58. The van der Waals surface area contributed by atoms with Crippen LogP contribution < -0.4 is 5.69 Å². The summed E-state index contributed by atoms with van der Waals surface area (Å²) in [6.45, 7) is -0.144. The Morgan fingerprint density at radius 1 is 1.38 bits per heavy atom. The van der Waals surface area contributed by atoms with E-state index >= 15 is 0 Å². The van der Waals surface area contributed by atoms with E-state index in [1.807, 2.05) is 0 Å². The lowest BCUT2D eigenvalue weighted by Gasteiger charge is -2.19. The summed E-state index contributed by atoms with van der Waals surface area (Å²) in [7, 11) is 0. The molecule has 1 aromatic carbocycles. The van der Waals surface area contributed by atoms with Crippen molar-refractivity contribution < 1.29 is 23.1 Å². The van der Waals surface area contributed by atoms with Crippen LogP contribution in [0.3, 0.4) is 0 Å². The molecule has 3 rings (SSSR count). The minimum absolute atomic E-state index is 0.144. The van der Waals surface area contributed by atoms with Crippen molar-refractivity contribution in [2.75, 3.05) is 0 Å². The smallest absolute Gasteiger partial charge is 0.416 e. The minimum atomic E-state index is -4.47. The molecule has 1 N–H and O–H groups in total. The van der Waals surface area contributed by atoms with Crippen LogP contribution in [0.5, 0.6) is 0 Å². The van der Waals surface area contributed by atoms with Gasteiger partial charge in [0.2, 0.25) is 0 Å². The number of alkyl halides is 3. The second kappa shape index (κ2) is 5.81. The molecule has 0 aliphatic carbocycles. The maximum atomic E-state index is 12.8. The summed E-state index contributed by atoms with van der Waals surface area (Å²) in [6, 6.07) is 3.66. The van der Waals surface area contributed by atoms with Crippen LogP contribution in [0.4, 0.5) is 13.2 Å². The SMILES string of the molecule is O=C(O)C1CCCc2nn(Cc3cccc(C(F)(F)F)c3)c(=O)n21. The monoisotopic (exact) mass is 341 g/mol. The number of hydrogen-bond donors (Lipinski definition) is 1. The fraction of sp³-hybridized carbons (Fsp3) is 0.400. The summed E-state index contributed by atoms with van der Waals surface area (Å²) >= 11 is 0. The quantitative estimate of drug-likeness (QED) is 0.927. The molecule has 1 atom stereocenters. The standard InChI is InChI=1S/C15H14F3N3O3/c16-15(17,18)10-4-1-3-9(7-10)8-20-14(24)21-11(13(22)23)5-2-6-12(21)19-20/h1,3-4,7,11H,2,5-6,8H2,(H,22,23). The number of aryl methyl sites for hydroxylation is 1. The lowest BCUT2D eigenvalue weighted by Crippen LogP contribution is -2.34. The van der Waals surface area contributed by atoms with E-state index in [1.165, 1.54) is 12.1 Å². The summed E-state index contributed by atoms with van der Waals surface area (Å²) in [5, 5.41) is 13.3. The summed E-state index contributed by atoms with van der Waals surface area (Å²) in [4.78, 5) is 23.7. The Labute approximate surface area is 134 Å². The van der Waals surface area contributed by atoms with E-state index in [0.29, 0.717) is 25.1 Å². The molecule has 6 nitrogen and oxygen atoms in total. The molecule has 0 saturated carbocycles. The summed E-state index contributed by atoms with van der Waals surface area (Å²) < 4.78 is 40.4. The number of carboxylic acids is 1. The predicted molar refractivity (Wildman–Crippen MR) is 76.6 cm³/mol. The van der Waals surface area contributed by atoms with E-state index < -0.39 is 29.4 Å². The molecule has 0 bridgehead atoms. The zero-order valence-corrected chi connectivity index (χ0v) is 12.5. The average molecular weight is 341 g/mol. The number of aromatic nitrogens is 3. The lowest BCUT2D eigenvalue weighted by molar-refractivity contribution is -0.141. The molecular weight excluding hydrogens is 327 g/mol. The van der Waals surface area contributed by atoms with Gasteiger partial charge in [-0.05, 0) is 30.5 Å². The number of carboxylic acid groups (broad SMARTS) is 1. The second-order valence-electron chi connectivity index (χ2n) is 5.67. The van der Waals surface area contributed by atoms with Gasteiger partial charge in [-0.2, -0.15) is 18.3 Å². The van der Waals surface area contributed by atoms with Crippen LogP contribution in [0.25, 0.3) is 0 Å². The van der Waals surface area contributed by atoms with Gasteiger partial charge in [0, 0.05) is 6.42 Å². The number of nitrogens with zero attached hydrogens (tertiary/aromatic N) is 3. The Balaban J connectivity index is 1.95. The second-order valence-corrected chi connectivity index (χ2v) is 5.67. The summed E-state index contributed by atoms with van der Waals surface area (Å²) in [5.74, 6) is -0.762. The fourth-order valence-electron chi connectivity index (χ4n) is 2.89. The highest BCUT2D eigenvalue weighted by molar-refractivity contribution is 5.72. The molecule has 0 amide bonds. The number of benzene rings is 1. The Bertz CT molecular complexity index is 838. The van der Waals surface area contributed by atoms with Crippen LogP contribution in [-0.4, -0.2) is 25.4 Å².